The van der Waals surface area contributed by atoms with Gasteiger partial charge >= 0.3 is 0 Å². The highest BCUT2D eigenvalue weighted by Crippen LogP contribution is 2.36. The van der Waals surface area contributed by atoms with Crippen molar-refractivity contribution in [3.63, 3.8) is 0 Å². The number of hydrogen-bond donors (Lipinski definition) is 1. The summed E-state index contributed by atoms with van der Waals surface area (Å²) >= 11 is 0. The SMILES string of the molecule is COCC(CCCN)N1CCCC2CCCCC21. The van der Waals surface area contributed by atoms with Crippen molar-refractivity contribution in [1.29, 1.82) is 0 Å². The summed E-state index contributed by atoms with van der Waals surface area (Å²) in [6, 6.07) is 1.44. The second-order valence-corrected chi connectivity index (χ2v) is 6.03. The lowest BCUT2D eigenvalue weighted by molar-refractivity contribution is -0.00678. The van der Waals surface area contributed by atoms with Gasteiger partial charge < -0.3 is 10.5 Å². The van der Waals surface area contributed by atoms with E-state index in [2.05, 4.69) is 4.90 Å². The van der Waals surface area contributed by atoms with Gasteiger partial charge in [0.1, 0.15) is 0 Å². The van der Waals surface area contributed by atoms with E-state index in [-0.39, 0.29) is 0 Å². The number of nitrogens with zero attached hydrogens (tertiary/aromatic N) is 1. The summed E-state index contributed by atoms with van der Waals surface area (Å²) in [5.74, 6) is 0.963. The van der Waals surface area contributed by atoms with Crippen LogP contribution in [-0.4, -0.2) is 43.8 Å². The molecule has 2 aliphatic rings. The molecule has 0 aromatic carbocycles. The Bertz CT molecular complexity index is 233. The van der Waals surface area contributed by atoms with Crippen LogP contribution in [0.4, 0.5) is 0 Å². The zero-order valence-corrected chi connectivity index (χ0v) is 11.9. The minimum absolute atomic E-state index is 0.601. The van der Waals surface area contributed by atoms with Crippen LogP contribution in [0.5, 0.6) is 0 Å². The predicted octanol–water partition coefficient (Wildman–Crippen LogP) is 2.39. The van der Waals surface area contributed by atoms with Gasteiger partial charge in [0.05, 0.1) is 6.61 Å². The van der Waals surface area contributed by atoms with E-state index < -0.39 is 0 Å². The molecule has 0 spiro atoms. The fourth-order valence-corrected chi connectivity index (χ4v) is 4.01. The van der Waals surface area contributed by atoms with Gasteiger partial charge in [-0.15, -0.1) is 0 Å². The molecule has 1 heterocycles. The molecule has 1 saturated carbocycles. The van der Waals surface area contributed by atoms with Gasteiger partial charge in [-0.3, -0.25) is 4.90 Å². The molecule has 3 atom stereocenters. The molecule has 18 heavy (non-hydrogen) atoms. The quantitative estimate of drug-likeness (QED) is 0.791. The minimum Gasteiger partial charge on any atom is -0.383 e. The van der Waals surface area contributed by atoms with Crippen molar-refractivity contribution >= 4 is 0 Å². The van der Waals surface area contributed by atoms with Crippen LogP contribution < -0.4 is 5.73 Å². The fourth-order valence-electron chi connectivity index (χ4n) is 4.01. The first-order chi connectivity index (χ1) is 8.86. The summed E-state index contributed by atoms with van der Waals surface area (Å²) in [7, 11) is 1.83. The normalized spacial score (nSPS) is 31.0. The Labute approximate surface area is 112 Å². The Morgan fingerprint density at radius 2 is 2.00 bits per heavy atom. The number of likely N-dealkylation sites (tertiary alicyclic amines) is 1. The molecule has 0 amide bonds. The summed E-state index contributed by atoms with van der Waals surface area (Å²) in [6.45, 7) is 2.96. The molecule has 1 aliphatic carbocycles. The highest BCUT2D eigenvalue weighted by molar-refractivity contribution is 4.90. The summed E-state index contributed by atoms with van der Waals surface area (Å²) in [4.78, 5) is 2.77. The van der Waals surface area contributed by atoms with Crippen molar-refractivity contribution in [3.05, 3.63) is 0 Å². The van der Waals surface area contributed by atoms with Gasteiger partial charge in [-0.05, 0) is 57.5 Å². The Morgan fingerprint density at radius 1 is 1.22 bits per heavy atom. The number of hydrogen-bond acceptors (Lipinski definition) is 3. The van der Waals surface area contributed by atoms with Gasteiger partial charge in [-0.2, -0.15) is 0 Å². The monoisotopic (exact) mass is 254 g/mol. The van der Waals surface area contributed by atoms with E-state index in [4.69, 9.17) is 10.5 Å². The Hall–Kier alpha value is -0.120. The maximum absolute atomic E-state index is 5.67. The second kappa shape index (κ2) is 7.46. The van der Waals surface area contributed by atoms with E-state index in [1.807, 2.05) is 7.11 Å². The molecule has 3 unspecified atom stereocenters. The van der Waals surface area contributed by atoms with Crippen molar-refractivity contribution in [2.24, 2.45) is 11.7 Å². The van der Waals surface area contributed by atoms with E-state index >= 15 is 0 Å². The van der Waals surface area contributed by atoms with Crippen molar-refractivity contribution in [2.45, 2.75) is 63.5 Å². The third-order valence-corrected chi connectivity index (χ3v) is 4.86. The van der Waals surface area contributed by atoms with Crippen LogP contribution in [0.3, 0.4) is 0 Å². The number of fused-ring (bicyclic) bond motifs is 1. The smallest absolute Gasteiger partial charge is 0.0618 e. The summed E-state index contributed by atoms with van der Waals surface area (Å²) < 4.78 is 5.45. The molecule has 2 N–H and O–H groups in total. The number of nitrogens with two attached hydrogens (primary N) is 1. The zero-order valence-electron chi connectivity index (χ0n) is 11.9. The van der Waals surface area contributed by atoms with Gasteiger partial charge in [-0.1, -0.05) is 12.8 Å². The van der Waals surface area contributed by atoms with E-state index in [1.54, 1.807) is 0 Å². The molecule has 3 heteroatoms. The molecule has 0 aromatic rings. The first kappa shape index (κ1) is 14.3. The average molecular weight is 254 g/mol. The van der Waals surface area contributed by atoms with Crippen molar-refractivity contribution < 1.29 is 4.74 Å². The molecule has 106 valence electrons. The highest BCUT2D eigenvalue weighted by atomic mass is 16.5. The molecule has 1 aliphatic heterocycles. The lowest BCUT2D eigenvalue weighted by atomic mass is 9.77. The maximum Gasteiger partial charge on any atom is 0.0618 e. The zero-order chi connectivity index (χ0) is 12.8. The molecule has 0 aromatic heterocycles. The van der Waals surface area contributed by atoms with Crippen LogP contribution in [0, 0.1) is 5.92 Å². The molecule has 0 radical (unpaired) electrons. The van der Waals surface area contributed by atoms with Crippen LogP contribution in [0.2, 0.25) is 0 Å². The molecule has 2 fully saturated rings. The number of methoxy groups -OCH3 is 1. The second-order valence-electron chi connectivity index (χ2n) is 6.03. The number of ether oxygens (including phenoxy) is 1. The topological polar surface area (TPSA) is 38.5 Å². The largest absolute Gasteiger partial charge is 0.383 e. The molecular weight excluding hydrogens is 224 g/mol. The lowest BCUT2D eigenvalue weighted by Crippen LogP contribution is -2.53. The summed E-state index contributed by atoms with van der Waals surface area (Å²) in [5, 5.41) is 0. The van der Waals surface area contributed by atoms with Gasteiger partial charge in [-0.25, -0.2) is 0 Å². The number of piperidine rings is 1. The molecule has 1 saturated heterocycles. The van der Waals surface area contributed by atoms with E-state index in [0.717, 1.165) is 31.5 Å². The number of rotatable bonds is 6. The van der Waals surface area contributed by atoms with E-state index in [9.17, 15) is 0 Å². The third-order valence-electron chi connectivity index (χ3n) is 4.86. The summed E-state index contributed by atoms with van der Waals surface area (Å²) in [6.07, 6.45) is 10.9. The molecular formula is C15H30N2O. The highest BCUT2D eigenvalue weighted by Gasteiger charge is 2.36. The van der Waals surface area contributed by atoms with Crippen molar-refractivity contribution in [3.8, 4) is 0 Å². The summed E-state index contributed by atoms with van der Waals surface area (Å²) in [5.41, 5.74) is 5.67. The first-order valence-electron chi connectivity index (χ1n) is 7.81. The standard InChI is InChI=1S/C15H30N2O/c1-18-12-14(8-4-10-16)17-11-5-7-13-6-2-3-9-15(13)17/h13-15H,2-12,16H2,1H3. The van der Waals surface area contributed by atoms with Crippen LogP contribution in [0.25, 0.3) is 0 Å². The average Bonchev–Trinajstić information content (AvgIpc) is 2.43. The fraction of sp³-hybridized carbons (Fsp3) is 1.00. The van der Waals surface area contributed by atoms with E-state index in [0.29, 0.717) is 6.04 Å². The van der Waals surface area contributed by atoms with Crippen molar-refractivity contribution in [1.82, 2.24) is 4.90 Å². The van der Waals surface area contributed by atoms with Gasteiger partial charge in [0, 0.05) is 19.2 Å². The first-order valence-corrected chi connectivity index (χ1v) is 7.81. The van der Waals surface area contributed by atoms with Crippen LogP contribution in [-0.2, 0) is 4.74 Å². The van der Waals surface area contributed by atoms with E-state index in [1.165, 1.54) is 51.5 Å². The maximum atomic E-state index is 5.67. The lowest BCUT2D eigenvalue weighted by Gasteiger charge is -2.47. The van der Waals surface area contributed by atoms with Crippen molar-refractivity contribution in [2.75, 3.05) is 26.8 Å². The predicted molar refractivity (Wildman–Crippen MR) is 75.6 cm³/mol. The Kier molecular flexibility index (Phi) is 5.93. The van der Waals surface area contributed by atoms with Gasteiger partial charge in [0.25, 0.3) is 0 Å². The van der Waals surface area contributed by atoms with Crippen LogP contribution >= 0.6 is 0 Å². The Balaban J connectivity index is 1.97. The van der Waals surface area contributed by atoms with Crippen LogP contribution in [0.15, 0.2) is 0 Å². The molecule has 3 nitrogen and oxygen atoms in total. The van der Waals surface area contributed by atoms with Gasteiger partial charge in [0.2, 0.25) is 0 Å². The minimum atomic E-state index is 0.601. The van der Waals surface area contributed by atoms with Crippen LogP contribution in [0.1, 0.15) is 51.4 Å². The van der Waals surface area contributed by atoms with Gasteiger partial charge in [0.15, 0.2) is 0 Å². The molecule has 2 rings (SSSR count). The third kappa shape index (κ3) is 3.46. The Morgan fingerprint density at radius 3 is 2.78 bits per heavy atom. The molecule has 0 bridgehead atoms.